The Labute approximate surface area is 167 Å². The Hall–Kier alpha value is -2.67. The Bertz CT molecular complexity index is 1220. The van der Waals surface area contributed by atoms with Crippen molar-refractivity contribution in [2.75, 3.05) is 5.32 Å². The molecular formula is C19H10Cl2N2O3S. The van der Waals surface area contributed by atoms with Crippen LogP contribution in [0.5, 0.6) is 0 Å². The van der Waals surface area contributed by atoms with Crippen molar-refractivity contribution >= 4 is 56.5 Å². The molecule has 2 aromatic carbocycles. The molecule has 2 heterocycles. The second-order valence-electron chi connectivity index (χ2n) is 5.61. The van der Waals surface area contributed by atoms with Crippen molar-refractivity contribution in [1.82, 2.24) is 4.98 Å². The van der Waals surface area contributed by atoms with E-state index < -0.39 is 11.5 Å². The number of benzene rings is 2. The molecule has 0 fully saturated rings. The number of thiazole rings is 1. The van der Waals surface area contributed by atoms with Crippen molar-refractivity contribution in [3.8, 4) is 11.3 Å². The van der Waals surface area contributed by atoms with Crippen molar-refractivity contribution in [2.24, 2.45) is 0 Å². The van der Waals surface area contributed by atoms with Crippen LogP contribution in [0.1, 0.15) is 10.4 Å². The summed E-state index contributed by atoms with van der Waals surface area (Å²) in [6, 6.07) is 14.0. The second kappa shape index (κ2) is 7.15. The van der Waals surface area contributed by atoms with E-state index >= 15 is 0 Å². The van der Waals surface area contributed by atoms with Gasteiger partial charge in [0.25, 0.3) is 5.91 Å². The summed E-state index contributed by atoms with van der Waals surface area (Å²) >= 11 is 13.3. The smallest absolute Gasteiger partial charge is 0.349 e. The zero-order valence-electron chi connectivity index (χ0n) is 13.5. The van der Waals surface area contributed by atoms with E-state index in [0.29, 0.717) is 15.5 Å². The standard InChI is InChI=1S/C19H10Cl2N2O3S/c20-12-6-11-7-13(18(25)26-16(11)14(21)8-12)17(24)23-19-22-15(9-27-19)10-4-2-1-3-5-10/h1-9H,(H,22,23,24). The number of aromatic nitrogens is 1. The Morgan fingerprint density at radius 1 is 1.11 bits per heavy atom. The predicted octanol–water partition coefficient (Wildman–Crippen LogP) is 5.48. The molecule has 0 spiro atoms. The van der Waals surface area contributed by atoms with E-state index in [1.54, 1.807) is 6.07 Å². The number of halogens is 2. The molecule has 27 heavy (non-hydrogen) atoms. The van der Waals surface area contributed by atoms with Gasteiger partial charge in [-0.2, -0.15) is 0 Å². The topological polar surface area (TPSA) is 72.2 Å². The summed E-state index contributed by atoms with van der Waals surface area (Å²) in [5.41, 5.74) is 0.911. The third kappa shape index (κ3) is 3.60. The maximum absolute atomic E-state index is 12.5. The van der Waals surface area contributed by atoms with E-state index in [4.69, 9.17) is 27.6 Å². The number of carbonyl (C=O) groups excluding carboxylic acids is 1. The van der Waals surface area contributed by atoms with Crippen LogP contribution < -0.4 is 10.9 Å². The molecule has 0 saturated heterocycles. The Balaban J connectivity index is 1.65. The van der Waals surface area contributed by atoms with Gasteiger partial charge in [0.05, 0.1) is 10.7 Å². The zero-order chi connectivity index (χ0) is 19.0. The quantitative estimate of drug-likeness (QED) is 0.449. The van der Waals surface area contributed by atoms with E-state index in [9.17, 15) is 9.59 Å². The Kier molecular flexibility index (Phi) is 4.70. The van der Waals surface area contributed by atoms with Crippen molar-refractivity contribution in [3.63, 3.8) is 0 Å². The maximum atomic E-state index is 12.5. The molecule has 5 nitrogen and oxygen atoms in total. The first-order valence-electron chi connectivity index (χ1n) is 7.76. The fourth-order valence-electron chi connectivity index (χ4n) is 2.55. The van der Waals surface area contributed by atoms with E-state index in [0.717, 1.165) is 11.3 Å². The maximum Gasteiger partial charge on any atom is 0.349 e. The van der Waals surface area contributed by atoms with Crippen LogP contribution in [0.25, 0.3) is 22.2 Å². The summed E-state index contributed by atoms with van der Waals surface area (Å²) in [5, 5.41) is 5.87. The highest BCUT2D eigenvalue weighted by molar-refractivity contribution is 7.14. The SMILES string of the molecule is O=C(Nc1nc(-c2ccccc2)cs1)c1cc2cc(Cl)cc(Cl)c2oc1=O. The lowest BCUT2D eigenvalue weighted by atomic mass is 10.2. The summed E-state index contributed by atoms with van der Waals surface area (Å²) < 4.78 is 5.19. The van der Waals surface area contributed by atoms with Crippen LogP contribution in [0, 0.1) is 0 Å². The van der Waals surface area contributed by atoms with E-state index in [2.05, 4.69) is 10.3 Å². The summed E-state index contributed by atoms with van der Waals surface area (Å²) in [5.74, 6) is -0.615. The molecule has 2 aromatic heterocycles. The van der Waals surface area contributed by atoms with Crippen LogP contribution in [0.4, 0.5) is 5.13 Å². The first-order chi connectivity index (χ1) is 13.0. The van der Waals surface area contributed by atoms with Crippen LogP contribution in [0.15, 0.2) is 63.1 Å². The molecule has 134 valence electrons. The second-order valence-corrected chi connectivity index (χ2v) is 7.31. The van der Waals surface area contributed by atoms with Gasteiger partial charge < -0.3 is 4.42 Å². The van der Waals surface area contributed by atoms with Gasteiger partial charge >= 0.3 is 5.63 Å². The van der Waals surface area contributed by atoms with Gasteiger partial charge in [0.1, 0.15) is 5.56 Å². The molecule has 0 unspecified atom stereocenters. The summed E-state index contributed by atoms with van der Waals surface area (Å²) in [6.45, 7) is 0. The van der Waals surface area contributed by atoms with Gasteiger partial charge in [0.15, 0.2) is 10.7 Å². The van der Waals surface area contributed by atoms with Gasteiger partial charge in [0, 0.05) is 21.4 Å². The van der Waals surface area contributed by atoms with E-state index in [1.807, 2.05) is 35.7 Å². The van der Waals surface area contributed by atoms with Crippen molar-refractivity contribution in [1.29, 1.82) is 0 Å². The van der Waals surface area contributed by atoms with Gasteiger partial charge in [-0.3, -0.25) is 10.1 Å². The number of carbonyl (C=O) groups is 1. The first kappa shape index (κ1) is 17.7. The number of rotatable bonds is 3. The zero-order valence-corrected chi connectivity index (χ0v) is 15.9. The van der Waals surface area contributed by atoms with Crippen molar-refractivity contribution in [2.45, 2.75) is 0 Å². The Morgan fingerprint density at radius 3 is 2.67 bits per heavy atom. The van der Waals surface area contributed by atoms with Gasteiger partial charge in [0.2, 0.25) is 0 Å². The average Bonchev–Trinajstić information content (AvgIpc) is 3.11. The van der Waals surface area contributed by atoms with Gasteiger partial charge in [-0.1, -0.05) is 53.5 Å². The predicted molar refractivity (Wildman–Crippen MR) is 108 cm³/mol. The largest absolute Gasteiger partial charge is 0.421 e. The lowest BCUT2D eigenvalue weighted by molar-refractivity contribution is 0.102. The average molecular weight is 417 g/mol. The molecule has 0 bridgehead atoms. The van der Waals surface area contributed by atoms with Crippen LogP contribution in [0.3, 0.4) is 0 Å². The van der Waals surface area contributed by atoms with Gasteiger partial charge in [-0.15, -0.1) is 11.3 Å². The number of nitrogens with zero attached hydrogens (tertiary/aromatic N) is 1. The molecule has 8 heteroatoms. The molecule has 4 aromatic rings. The summed E-state index contributed by atoms with van der Waals surface area (Å²) in [4.78, 5) is 29.1. The fraction of sp³-hybridized carbons (Fsp3) is 0. The molecule has 1 amide bonds. The molecule has 0 atom stereocenters. The highest BCUT2D eigenvalue weighted by Crippen LogP contribution is 2.28. The van der Waals surface area contributed by atoms with E-state index in [1.165, 1.54) is 23.5 Å². The lowest BCUT2D eigenvalue weighted by Crippen LogP contribution is -2.20. The molecule has 0 aliphatic rings. The molecule has 0 saturated carbocycles. The molecule has 0 radical (unpaired) electrons. The minimum absolute atomic E-state index is 0.155. The van der Waals surface area contributed by atoms with Crippen molar-refractivity contribution in [3.05, 3.63) is 79.9 Å². The number of anilines is 1. The van der Waals surface area contributed by atoms with Crippen LogP contribution in [-0.4, -0.2) is 10.9 Å². The highest BCUT2D eigenvalue weighted by Gasteiger charge is 2.17. The molecule has 0 aliphatic heterocycles. The minimum atomic E-state index is -0.788. The molecule has 1 N–H and O–H groups in total. The number of nitrogens with one attached hydrogen (secondary N) is 1. The highest BCUT2D eigenvalue weighted by atomic mass is 35.5. The third-order valence-electron chi connectivity index (χ3n) is 3.79. The van der Waals surface area contributed by atoms with Gasteiger partial charge in [-0.05, 0) is 18.2 Å². The molecule has 4 rings (SSSR count). The first-order valence-corrected chi connectivity index (χ1v) is 9.40. The molecule has 0 aliphatic carbocycles. The fourth-order valence-corrected chi connectivity index (χ4v) is 3.82. The van der Waals surface area contributed by atoms with Crippen LogP contribution in [0.2, 0.25) is 10.0 Å². The lowest BCUT2D eigenvalue weighted by Gasteiger charge is -2.04. The number of hydrogen-bond donors (Lipinski definition) is 1. The van der Waals surface area contributed by atoms with Gasteiger partial charge in [-0.25, -0.2) is 9.78 Å². The number of fused-ring (bicyclic) bond motifs is 1. The summed E-state index contributed by atoms with van der Waals surface area (Å²) in [6.07, 6.45) is 0. The Morgan fingerprint density at radius 2 is 1.89 bits per heavy atom. The molecular weight excluding hydrogens is 407 g/mol. The van der Waals surface area contributed by atoms with Crippen LogP contribution >= 0.6 is 34.5 Å². The van der Waals surface area contributed by atoms with E-state index in [-0.39, 0.29) is 16.2 Å². The normalized spacial score (nSPS) is 10.9. The number of hydrogen-bond acceptors (Lipinski definition) is 5. The minimum Gasteiger partial charge on any atom is -0.421 e. The van der Waals surface area contributed by atoms with Crippen LogP contribution in [-0.2, 0) is 0 Å². The third-order valence-corrected chi connectivity index (χ3v) is 5.05. The number of amides is 1. The summed E-state index contributed by atoms with van der Waals surface area (Å²) in [7, 11) is 0. The van der Waals surface area contributed by atoms with Crippen molar-refractivity contribution < 1.29 is 9.21 Å². The monoisotopic (exact) mass is 416 g/mol.